The number of hydrogen-bond donors (Lipinski definition) is 3. The van der Waals surface area contributed by atoms with Gasteiger partial charge in [-0.25, -0.2) is 4.98 Å². The Morgan fingerprint density at radius 2 is 1.58 bits per heavy atom. The van der Waals surface area contributed by atoms with Gasteiger partial charge >= 0.3 is 0 Å². The summed E-state index contributed by atoms with van der Waals surface area (Å²) >= 11 is 0. The largest absolute Gasteiger partial charge is 0.508 e. The molecule has 0 spiro atoms. The Hall–Kier alpha value is -4.39. The number of rotatable bonds is 4. The second kappa shape index (κ2) is 8.54. The van der Waals surface area contributed by atoms with E-state index in [1.165, 1.54) is 24.3 Å². The molecule has 1 heterocycles. The van der Waals surface area contributed by atoms with Crippen LogP contribution in [0.25, 0.3) is 22.2 Å². The minimum atomic E-state index is -0.507. The van der Waals surface area contributed by atoms with E-state index in [2.05, 4.69) is 15.8 Å². The molecule has 0 radical (unpaired) electrons. The fourth-order valence-corrected chi connectivity index (χ4v) is 3.14. The second-order valence-electron chi connectivity index (χ2n) is 6.76. The van der Waals surface area contributed by atoms with Crippen molar-refractivity contribution in [3.63, 3.8) is 0 Å². The van der Waals surface area contributed by atoms with Gasteiger partial charge in [-0.2, -0.15) is 0 Å². The summed E-state index contributed by atoms with van der Waals surface area (Å²) in [5.74, 6) is -0.368. The van der Waals surface area contributed by atoms with Crippen LogP contribution < -0.4 is 15.6 Å². The van der Waals surface area contributed by atoms with Crippen molar-refractivity contribution in [2.45, 2.75) is 0 Å². The van der Waals surface area contributed by atoms with Gasteiger partial charge in [0.1, 0.15) is 11.5 Å². The van der Waals surface area contributed by atoms with E-state index in [4.69, 9.17) is 4.74 Å². The number of aromatic hydroxyl groups is 1. The van der Waals surface area contributed by atoms with E-state index in [1.807, 2.05) is 30.3 Å². The van der Waals surface area contributed by atoms with E-state index in [0.29, 0.717) is 33.5 Å². The van der Waals surface area contributed by atoms with Gasteiger partial charge in [0.25, 0.3) is 11.8 Å². The van der Waals surface area contributed by atoms with Crippen molar-refractivity contribution >= 4 is 22.7 Å². The fraction of sp³-hybridized carbons (Fsp3) is 0.0417. The van der Waals surface area contributed by atoms with Crippen LogP contribution in [0, 0.1) is 0 Å². The minimum absolute atomic E-state index is 0.0474. The minimum Gasteiger partial charge on any atom is -0.508 e. The number of phenolic OH excluding ortho intramolecular Hbond substituents is 1. The summed E-state index contributed by atoms with van der Waals surface area (Å²) in [6.07, 6.45) is 0. The van der Waals surface area contributed by atoms with Crippen molar-refractivity contribution in [2.75, 3.05) is 7.11 Å². The molecule has 0 saturated carbocycles. The molecule has 0 aliphatic carbocycles. The van der Waals surface area contributed by atoms with Gasteiger partial charge in [-0.05, 0) is 48.5 Å². The number of hydrogen-bond acceptors (Lipinski definition) is 5. The molecule has 7 heteroatoms. The van der Waals surface area contributed by atoms with Crippen molar-refractivity contribution in [1.82, 2.24) is 15.8 Å². The average Bonchev–Trinajstić information content (AvgIpc) is 2.82. The van der Waals surface area contributed by atoms with Crippen molar-refractivity contribution < 1.29 is 19.4 Å². The number of methoxy groups -OCH3 is 1. The van der Waals surface area contributed by atoms with Gasteiger partial charge in [-0.15, -0.1) is 0 Å². The third-order valence-corrected chi connectivity index (χ3v) is 4.75. The smallest absolute Gasteiger partial charge is 0.270 e. The average molecular weight is 413 g/mol. The van der Waals surface area contributed by atoms with Gasteiger partial charge in [0.2, 0.25) is 0 Å². The molecule has 0 saturated heterocycles. The molecule has 7 nitrogen and oxygen atoms in total. The van der Waals surface area contributed by atoms with Gasteiger partial charge < -0.3 is 9.84 Å². The van der Waals surface area contributed by atoms with Crippen LogP contribution in [0.3, 0.4) is 0 Å². The summed E-state index contributed by atoms with van der Waals surface area (Å²) in [4.78, 5) is 30.0. The number of carbonyl (C=O) groups is 2. The zero-order chi connectivity index (χ0) is 21.8. The van der Waals surface area contributed by atoms with Gasteiger partial charge in [-0.3, -0.25) is 20.4 Å². The summed E-state index contributed by atoms with van der Waals surface area (Å²) in [6.45, 7) is 0. The number of nitrogens with zero attached hydrogens (tertiary/aromatic N) is 1. The predicted octanol–water partition coefficient (Wildman–Crippen LogP) is 3.69. The molecule has 154 valence electrons. The highest BCUT2D eigenvalue weighted by atomic mass is 16.5. The topological polar surface area (TPSA) is 101 Å². The number of phenols is 1. The van der Waals surface area contributed by atoms with Gasteiger partial charge in [-0.1, -0.05) is 30.3 Å². The number of pyridine rings is 1. The number of fused-ring (bicyclic) bond motifs is 1. The number of ether oxygens (including phenoxy) is 1. The summed E-state index contributed by atoms with van der Waals surface area (Å²) < 4.78 is 5.29. The molecule has 0 bridgehead atoms. The molecule has 0 unspecified atom stereocenters. The maximum Gasteiger partial charge on any atom is 0.270 e. The third kappa shape index (κ3) is 4.30. The number of amides is 2. The fourth-order valence-electron chi connectivity index (χ4n) is 3.14. The maximum absolute atomic E-state index is 13.0. The van der Waals surface area contributed by atoms with Gasteiger partial charge in [0.05, 0.1) is 23.9 Å². The van der Waals surface area contributed by atoms with Crippen molar-refractivity contribution in [2.24, 2.45) is 0 Å². The Labute approximate surface area is 178 Å². The van der Waals surface area contributed by atoms with Crippen LogP contribution in [0.5, 0.6) is 11.5 Å². The first-order valence-corrected chi connectivity index (χ1v) is 9.49. The Kier molecular flexibility index (Phi) is 5.49. The highest BCUT2D eigenvalue weighted by Crippen LogP contribution is 2.27. The Bertz CT molecular complexity index is 1260. The summed E-state index contributed by atoms with van der Waals surface area (Å²) in [7, 11) is 1.55. The monoisotopic (exact) mass is 413 g/mol. The lowest BCUT2D eigenvalue weighted by Crippen LogP contribution is -2.41. The summed E-state index contributed by atoms with van der Waals surface area (Å²) in [5, 5.41) is 9.94. The standard InChI is InChI=1S/C24H19N3O4/c1-31-18-11-12-21-19(13-18)20(14-22(25-21)15-5-3-2-4-6-15)24(30)27-26-23(29)16-7-9-17(28)10-8-16/h2-14,28H,1H3,(H,26,29)(H,27,30). The zero-order valence-electron chi connectivity index (χ0n) is 16.6. The number of carbonyl (C=O) groups excluding carboxylic acids is 2. The molecule has 2 amide bonds. The first-order valence-electron chi connectivity index (χ1n) is 9.49. The van der Waals surface area contributed by atoms with Crippen LogP contribution >= 0.6 is 0 Å². The molecular weight excluding hydrogens is 394 g/mol. The lowest BCUT2D eigenvalue weighted by Gasteiger charge is -2.12. The molecule has 0 fully saturated rings. The SMILES string of the molecule is COc1ccc2nc(-c3ccccc3)cc(C(=O)NNC(=O)c3ccc(O)cc3)c2c1. The van der Waals surface area contributed by atoms with E-state index in [-0.39, 0.29) is 5.75 Å². The van der Waals surface area contributed by atoms with Crippen molar-refractivity contribution in [1.29, 1.82) is 0 Å². The number of benzene rings is 3. The highest BCUT2D eigenvalue weighted by molar-refractivity contribution is 6.08. The summed E-state index contributed by atoms with van der Waals surface area (Å²) in [5.41, 5.74) is 7.60. The van der Waals surface area contributed by atoms with E-state index < -0.39 is 11.8 Å². The predicted molar refractivity (Wildman–Crippen MR) is 117 cm³/mol. The molecule has 3 N–H and O–H groups in total. The molecule has 3 aromatic carbocycles. The van der Waals surface area contributed by atoms with Crippen LogP contribution in [-0.2, 0) is 0 Å². The maximum atomic E-state index is 13.0. The van der Waals surface area contributed by atoms with Crippen molar-refractivity contribution in [3.8, 4) is 22.8 Å². The second-order valence-corrected chi connectivity index (χ2v) is 6.76. The highest BCUT2D eigenvalue weighted by Gasteiger charge is 2.16. The molecule has 0 aliphatic rings. The Morgan fingerprint density at radius 3 is 2.29 bits per heavy atom. The van der Waals surface area contributed by atoms with Crippen LogP contribution in [0.1, 0.15) is 20.7 Å². The van der Waals surface area contributed by atoms with Crippen LogP contribution in [-0.4, -0.2) is 29.0 Å². The lowest BCUT2D eigenvalue weighted by molar-refractivity contribution is 0.0847. The summed E-state index contributed by atoms with van der Waals surface area (Å²) in [6, 6.07) is 22.2. The quantitative estimate of drug-likeness (QED) is 0.443. The number of nitrogens with one attached hydrogen (secondary N) is 2. The number of aromatic nitrogens is 1. The molecule has 4 rings (SSSR count). The third-order valence-electron chi connectivity index (χ3n) is 4.75. The number of hydrazine groups is 1. The van der Waals surface area contributed by atoms with E-state index >= 15 is 0 Å². The van der Waals surface area contributed by atoms with E-state index in [9.17, 15) is 14.7 Å². The normalized spacial score (nSPS) is 10.5. The van der Waals surface area contributed by atoms with E-state index in [1.54, 1.807) is 31.4 Å². The molecular formula is C24H19N3O4. The van der Waals surface area contributed by atoms with Gasteiger partial charge in [0, 0.05) is 16.5 Å². The molecule has 0 aliphatic heterocycles. The molecule has 31 heavy (non-hydrogen) atoms. The Morgan fingerprint density at radius 1 is 0.871 bits per heavy atom. The zero-order valence-corrected chi connectivity index (χ0v) is 16.6. The van der Waals surface area contributed by atoms with Crippen molar-refractivity contribution in [3.05, 3.63) is 90.0 Å². The molecule has 4 aromatic rings. The van der Waals surface area contributed by atoms with E-state index in [0.717, 1.165) is 5.56 Å². The molecule has 0 atom stereocenters. The van der Waals surface area contributed by atoms with Gasteiger partial charge in [0.15, 0.2) is 0 Å². The van der Waals surface area contributed by atoms with Crippen LogP contribution in [0.4, 0.5) is 0 Å². The Balaban J connectivity index is 1.67. The first kappa shape index (κ1) is 19.9. The first-order chi connectivity index (χ1) is 15.0. The lowest BCUT2D eigenvalue weighted by atomic mass is 10.0. The van der Waals surface area contributed by atoms with Crippen LogP contribution in [0.2, 0.25) is 0 Å². The van der Waals surface area contributed by atoms with Crippen LogP contribution in [0.15, 0.2) is 78.9 Å². The molecule has 1 aromatic heterocycles.